The van der Waals surface area contributed by atoms with E-state index in [1.807, 2.05) is 31.9 Å². The number of imidazole rings is 1. The first kappa shape index (κ1) is 31.3. The minimum atomic E-state index is -0.520. The number of ether oxygens (including phenoxy) is 2. The second-order valence-corrected chi connectivity index (χ2v) is 15.9. The van der Waals surface area contributed by atoms with Gasteiger partial charge in [-0.15, -0.1) is 0 Å². The average Bonchev–Trinajstić information content (AvgIpc) is 3.42. The van der Waals surface area contributed by atoms with Gasteiger partial charge in [0.25, 0.3) is 0 Å². The number of H-pyrrole nitrogens is 1. The number of benzene rings is 2. The Labute approximate surface area is 273 Å². The predicted octanol–water partition coefficient (Wildman–Crippen LogP) is 7.39. The summed E-state index contributed by atoms with van der Waals surface area (Å²) in [6.45, 7) is 17.6. The third-order valence-corrected chi connectivity index (χ3v) is 10.8. The minimum Gasteiger partial charge on any atom is -0.488 e. The second kappa shape index (κ2) is 10.9. The molecule has 4 heterocycles. The molecule has 3 atom stereocenters. The Morgan fingerprint density at radius 3 is 2.52 bits per heavy atom. The summed E-state index contributed by atoms with van der Waals surface area (Å²) in [5.41, 5.74) is 4.93. The third-order valence-electron chi connectivity index (χ3n) is 10.8. The minimum absolute atomic E-state index is 0.115. The summed E-state index contributed by atoms with van der Waals surface area (Å²) in [5.74, 6) is 2.27. The molecule has 3 aromatic rings. The summed E-state index contributed by atoms with van der Waals surface area (Å²) in [6, 6.07) is 12.9. The number of hydrogen-bond donors (Lipinski definition) is 1. The smallest absolute Gasteiger partial charge is 0.488 e. The molecule has 9 heteroatoms. The Bertz CT molecular complexity index is 1640. The van der Waals surface area contributed by atoms with Gasteiger partial charge >= 0.3 is 13.2 Å². The molecule has 2 saturated heterocycles. The molecule has 3 aliphatic heterocycles. The van der Waals surface area contributed by atoms with Gasteiger partial charge in [0.15, 0.2) is 0 Å². The van der Waals surface area contributed by atoms with Gasteiger partial charge in [0, 0.05) is 23.7 Å². The van der Waals surface area contributed by atoms with Gasteiger partial charge in [-0.3, -0.25) is 0 Å². The van der Waals surface area contributed by atoms with Crippen LogP contribution in [0.5, 0.6) is 5.75 Å². The number of nitrogens with zero attached hydrogens (tertiary/aromatic N) is 2. The van der Waals surface area contributed by atoms with Gasteiger partial charge in [-0.25, -0.2) is 9.78 Å². The van der Waals surface area contributed by atoms with Crippen molar-refractivity contribution in [2.24, 2.45) is 5.92 Å². The highest BCUT2D eigenvalue weighted by Gasteiger charge is 2.65. The Morgan fingerprint density at radius 2 is 1.80 bits per heavy atom. The van der Waals surface area contributed by atoms with E-state index in [0.29, 0.717) is 12.5 Å². The van der Waals surface area contributed by atoms with Crippen LogP contribution in [0, 0.1) is 5.92 Å². The first-order valence-electron chi connectivity index (χ1n) is 17.0. The molecule has 1 aromatic heterocycles. The zero-order chi connectivity index (χ0) is 32.6. The van der Waals surface area contributed by atoms with E-state index >= 15 is 0 Å². The van der Waals surface area contributed by atoms with Crippen LogP contribution in [0.1, 0.15) is 98.9 Å². The molecule has 3 unspecified atom stereocenters. The number of fused-ring (bicyclic) bond motifs is 4. The zero-order valence-corrected chi connectivity index (χ0v) is 28.7. The largest absolute Gasteiger partial charge is 0.494 e. The SMILES string of the molecule is CCCCC1CN(C(=O)OC(C)(C)C)C2CC2(c2ncc(-c3ccc4c(c3)OCc3cc(B5OC(C)(C)C(C)(C)O5)ccc3-4)[nH]2)C1. The zero-order valence-electron chi connectivity index (χ0n) is 28.7. The van der Waals surface area contributed by atoms with Crippen molar-refractivity contribution < 1.29 is 23.6 Å². The average molecular weight is 626 g/mol. The molecule has 1 aliphatic carbocycles. The summed E-state index contributed by atoms with van der Waals surface area (Å²) >= 11 is 0. The molecule has 0 bridgehead atoms. The van der Waals surface area contributed by atoms with E-state index in [1.54, 1.807) is 0 Å². The Morgan fingerprint density at radius 1 is 1.07 bits per heavy atom. The lowest BCUT2D eigenvalue weighted by Crippen LogP contribution is -2.47. The molecule has 8 nitrogen and oxygen atoms in total. The molecule has 1 amide bonds. The number of aromatic nitrogens is 2. The number of carbonyl (C=O) groups is 1. The number of likely N-dealkylation sites (tertiary alicyclic amines) is 1. The van der Waals surface area contributed by atoms with Gasteiger partial charge in [-0.2, -0.15) is 0 Å². The van der Waals surface area contributed by atoms with E-state index in [2.05, 4.69) is 76.0 Å². The Balaban J connectivity index is 1.11. The van der Waals surface area contributed by atoms with Crippen LogP contribution in [-0.2, 0) is 26.1 Å². The van der Waals surface area contributed by atoms with Crippen molar-refractivity contribution in [1.29, 1.82) is 0 Å². The van der Waals surface area contributed by atoms with Crippen LogP contribution >= 0.6 is 0 Å². The van der Waals surface area contributed by atoms with Crippen LogP contribution in [0.15, 0.2) is 42.6 Å². The predicted molar refractivity (Wildman–Crippen MR) is 180 cm³/mol. The number of hydrogen-bond acceptors (Lipinski definition) is 6. The summed E-state index contributed by atoms with van der Waals surface area (Å²) in [6.07, 6.45) is 7.11. The first-order valence-corrected chi connectivity index (χ1v) is 17.0. The molecular weight excluding hydrogens is 577 g/mol. The summed E-state index contributed by atoms with van der Waals surface area (Å²) in [7, 11) is -0.401. The van der Waals surface area contributed by atoms with Crippen molar-refractivity contribution in [3.05, 3.63) is 54.0 Å². The van der Waals surface area contributed by atoms with Gasteiger partial charge in [-0.05, 0) is 102 Å². The van der Waals surface area contributed by atoms with E-state index in [9.17, 15) is 4.79 Å². The highest BCUT2D eigenvalue weighted by molar-refractivity contribution is 6.62. The summed E-state index contributed by atoms with van der Waals surface area (Å²) in [5, 5.41) is 0. The quantitative estimate of drug-likeness (QED) is 0.288. The first-order chi connectivity index (χ1) is 21.7. The molecule has 1 saturated carbocycles. The number of rotatable bonds is 6. The highest BCUT2D eigenvalue weighted by Crippen LogP contribution is 2.58. The number of aromatic amines is 1. The molecule has 1 N–H and O–H groups in total. The van der Waals surface area contributed by atoms with E-state index in [0.717, 1.165) is 78.1 Å². The maximum absolute atomic E-state index is 13.3. The molecule has 7 rings (SSSR count). The molecule has 46 heavy (non-hydrogen) atoms. The lowest BCUT2D eigenvalue weighted by molar-refractivity contribution is 0.00578. The molecule has 0 radical (unpaired) electrons. The van der Waals surface area contributed by atoms with Crippen LogP contribution in [0.2, 0.25) is 0 Å². The number of unbranched alkanes of at least 4 members (excludes halogenated alkanes) is 1. The number of carbonyl (C=O) groups excluding carboxylic acids is 1. The van der Waals surface area contributed by atoms with Gasteiger partial charge in [0.05, 0.1) is 28.5 Å². The van der Waals surface area contributed by atoms with Crippen molar-refractivity contribution in [2.45, 2.75) is 122 Å². The fraction of sp³-hybridized carbons (Fsp3) is 0.568. The fourth-order valence-electron chi connectivity index (χ4n) is 7.49. The van der Waals surface area contributed by atoms with Crippen LogP contribution < -0.4 is 10.2 Å². The fourth-order valence-corrected chi connectivity index (χ4v) is 7.49. The standard InChI is InChI=1S/C37H48BN3O5/c1-9-10-11-23-18-37(19-31(37)41(21-23)33(42)44-34(2,3)4)32-39-20-29(40-32)24-12-14-28-27-15-13-26(16-25(27)22-43-30(28)17-24)38-45-35(5,6)36(7,8)46-38/h12-17,20,23,31H,9-11,18-19,21-22H2,1-8H3,(H,39,40). The lowest BCUT2D eigenvalue weighted by Gasteiger charge is -2.37. The third kappa shape index (κ3) is 5.43. The Hall–Kier alpha value is -3.30. The molecule has 2 aromatic carbocycles. The highest BCUT2D eigenvalue weighted by atomic mass is 16.7. The van der Waals surface area contributed by atoms with Crippen molar-refractivity contribution in [3.63, 3.8) is 0 Å². The van der Waals surface area contributed by atoms with Crippen LogP contribution in [0.4, 0.5) is 4.79 Å². The van der Waals surface area contributed by atoms with Crippen molar-refractivity contribution in [3.8, 4) is 28.1 Å². The van der Waals surface area contributed by atoms with Gasteiger partial charge in [0.2, 0.25) is 0 Å². The van der Waals surface area contributed by atoms with Crippen LogP contribution in [0.25, 0.3) is 22.4 Å². The van der Waals surface area contributed by atoms with Gasteiger partial charge in [0.1, 0.15) is 23.8 Å². The maximum atomic E-state index is 13.3. The van der Waals surface area contributed by atoms with Crippen LogP contribution in [-0.4, -0.2) is 57.5 Å². The van der Waals surface area contributed by atoms with E-state index < -0.39 is 12.7 Å². The van der Waals surface area contributed by atoms with Gasteiger partial charge in [-0.1, -0.05) is 44.0 Å². The van der Waals surface area contributed by atoms with Gasteiger partial charge < -0.3 is 28.7 Å². The number of amides is 1. The number of nitrogens with one attached hydrogen (secondary N) is 1. The second-order valence-electron chi connectivity index (χ2n) is 15.9. The molecule has 4 aliphatic rings. The summed E-state index contributed by atoms with van der Waals surface area (Å²) < 4.78 is 24.7. The van der Waals surface area contributed by atoms with E-state index in [4.69, 9.17) is 23.8 Å². The summed E-state index contributed by atoms with van der Waals surface area (Å²) in [4.78, 5) is 23.9. The Kier molecular flexibility index (Phi) is 7.40. The lowest BCUT2D eigenvalue weighted by atomic mass is 9.77. The van der Waals surface area contributed by atoms with Crippen molar-refractivity contribution in [1.82, 2.24) is 14.9 Å². The van der Waals surface area contributed by atoms with E-state index in [-0.39, 0.29) is 28.8 Å². The normalized spacial score (nSPS) is 25.7. The maximum Gasteiger partial charge on any atom is 0.494 e. The monoisotopic (exact) mass is 625 g/mol. The van der Waals surface area contributed by atoms with Crippen molar-refractivity contribution >= 4 is 18.7 Å². The molecule has 3 fully saturated rings. The van der Waals surface area contributed by atoms with Crippen LogP contribution in [0.3, 0.4) is 0 Å². The number of piperidine rings is 1. The molecule has 0 spiro atoms. The molecule has 244 valence electrons. The topological polar surface area (TPSA) is 85.9 Å². The molecular formula is C37H48BN3O5. The van der Waals surface area contributed by atoms with E-state index in [1.165, 1.54) is 5.56 Å². The van der Waals surface area contributed by atoms with Crippen molar-refractivity contribution in [2.75, 3.05) is 6.54 Å².